The van der Waals surface area contributed by atoms with Gasteiger partial charge in [0.25, 0.3) is 0 Å². The molecule has 0 spiro atoms. The summed E-state index contributed by atoms with van der Waals surface area (Å²) in [5, 5.41) is 15.7. The molecule has 122 valence electrons. The molecule has 6 heteroatoms. The average Bonchev–Trinajstić information content (AvgIpc) is 2.95. The molecule has 0 saturated heterocycles. The van der Waals surface area contributed by atoms with E-state index in [1.807, 2.05) is 31.2 Å². The van der Waals surface area contributed by atoms with Gasteiger partial charge in [0.05, 0.1) is 16.3 Å². The molecule has 0 aliphatic heterocycles. The summed E-state index contributed by atoms with van der Waals surface area (Å²) >= 11 is 0. The number of nitro benzene ring substituents is 1. The van der Waals surface area contributed by atoms with Crippen molar-refractivity contribution < 1.29 is 9.66 Å². The number of rotatable bonds is 5. The Balaban J connectivity index is 2.07. The maximum absolute atomic E-state index is 11.2. The molecule has 0 aliphatic rings. The van der Waals surface area contributed by atoms with Crippen molar-refractivity contribution in [2.24, 2.45) is 0 Å². The van der Waals surface area contributed by atoms with Crippen LogP contribution in [0.4, 0.5) is 5.69 Å². The van der Waals surface area contributed by atoms with Crippen molar-refractivity contribution in [1.29, 1.82) is 0 Å². The zero-order valence-electron chi connectivity index (χ0n) is 13.5. The maximum Gasteiger partial charge on any atom is 0.311 e. The third kappa shape index (κ3) is 2.99. The van der Waals surface area contributed by atoms with Gasteiger partial charge in [-0.1, -0.05) is 37.3 Å². The van der Waals surface area contributed by atoms with E-state index in [9.17, 15) is 10.1 Å². The van der Waals surface area contributed by atoms with Crippen LogP contribution in [0.15, 0.2) is 54.6 Å². The summed E-state index contributed by atoms with van der Waals surface area (Å²) in [7, 11) is 0. The number of benzene rings is 2. The van der Waals surface area contributed by atoms with E-state index in [0.717, 1.165) is 23.4 Å². The zero-order valence-corrected chi connectivity index (χ0v) is 13.5. The Kier molecular flexibility index (Phi) is 4.29. The first-order chi connectivity index (χ1) is 11.6. The molecule has 1 aromatic heterocycles. The fraction of sp³-hybridized carbons (Fsp3) is 0.167. The van der Waals surface area contributed by atoms with Crippen LogP contribution in [0.1, 0.15) is 18.2 Å². The molecule has 2 aromatic carbocycles. The minimum atomic E-state index is -0.455. The Bertz CT molecular complexity index is 887. The summed E-state index contributed by atoms with van der Waals surface area (Å²) in [5.41, 5.74) is 2.72. The Labute approximate surface area is 139 Å². The molecule has 24 heavy (non-hydrogen) atoms. The molecule has 6 nitrogen and oxygen atoms in total. The van der Waals surface area contributed by atoms with E-state index in [0.29, 0.717) is 5.88 Å². The minimum absolute atomic E-state index is 0.0771. The van der Waals surface area contributed by atoms with Crippen LogP contribution in [0.2, 0.25) is 0 Å². The summed E-state index contributed by atoms with van der Waals surface area (Å²) in [5.74, 6) is 0.639. The predicted molar refractivity (Wildman–Crippen MR) is 90.8 cm³/mol. The van der Waals surface area contributed by atoms with Gasteiger partial charge < -0.3 is 4.74 Å². The predicted octanol–water partition coefficient (Wildman–Crippen LogP) is 4.44. The molecule has 0 saturated carbocycles. The van der Waals surface area contributed by atoms with Gasteiger partial charge in [0.15, 0.2) is 0 Å². The third-order valence-electron chi connectivity index (χ3n) is 3.68. The number of ether oxygens (including phenoxy) is 1. The molecule has 3 rings (SSSR count). The summed E-state index contributed by atoms with van der Waals surface area (Å²) < 4.78 is 7.52. The molecule has 3 aromatic rings. The van der Waals surface area contributed by atoms with Gasteiger partial charge in [-0.15, -0.1) is 0 Å². The SMILES string of the molecule is CCc1ccccc1-n1nc(C)cc1Oc1ccccc1[N+](=O)[O-]. The maximum atomic E-state index is 11.2. The van der Waals surface area contributed by atoms with Crippen molar-refractivity contribution in [3.05, 3.63) is 76.0 Å². The highest BCUT2D eigenvalue weighted by Gasteiger charge is 2.18. The largest absolute Gasteiger partial charge is 0.432 e. The van der Waals surface area contributed by atoms with E-state index in [-0.39, 0.29) is 11.4 Å². The Morgan fingerprint density at radius 3 is 2.62 bits per heavy atom. The lowest BCUT2D eigenvalue weighted by Gasteiger charge is -2.12. The van der Waals surface area contributed by atoms with Crippen molar-refractivity contribution in [3.63, 3.8) is 0 Å². The van der Waals surface area contributed by atoms with Crippen LogP contribution >= 0.6 is 0 Å². The molecule has 0 atom stereocenters. The molecule has 0 radical (unpaired) electrons. The second-order valence-corrected chi connectivity index (χ2v) is 5.34. The third-order valence-corrected chi connectivity index (χ3v) is 3.68. The lowest BCUT2D eigenvalue weighted by molar-refractivity contribution is -0.385. The number of hydrogen-bond donors (Lipinski definition) is 0. The van der Waals surface area contributed by atoms with E-state index >= 15 is 0 Å². The van der Waals surface area contributed by atoms with Crippen LogP contribution in [-0.4, -0.2) is 14.7 Å². The standard InChI is InChI=1S/C18H17N3O3/c1-3-14-8-4-5-9-15(14)20-18(12-13(2)19-20)24-17-11-7-6-10-16(17)21(22)23/h4-12H,3H2,1-2H3. The van der Waals surface area contributed by atoms with Gasteiger partial charge >= 0.3 is 5.69 Å². The van der Waals surface area contributed by atoms with Gasteiger partial charge in [0.1, 0.15) is 0 Å². The normalized spacial score (nSPS) is 10.6. The fourth-order valence-corrected chi connectivity index (χ4v) is 2.54. The number of aryl methyl sites for hydroxylation is 2. The van der Waals surface area contributed by atoms with Crippen molar-refractivity contribution in [2.45, 2.75) is 20.3 Å². The smallest absolute Gasteiger partial charge is 0.311 e. The zero-order chi connectivity index (χ0) is 17.1. The van der Waals surface area contributed by atoms with Crippen molar-refractivity contribution in [2.75, 3.05) is 0 Å². The number of aromatic nitrogens is 2. The highest BCUT2D eigenvalue weighted by Crippen LogP contribution is 2.32. The van der Waals surface area contributed by atoms with Gasteiger partial charge in [0, 0.05) is 12.1 Å². The number of para-hydroxylation sites is 3. The van der Waals surface area contributed by atoms with Crippen LogP contribution in [0.5, 0.6) is 11.6 Å². The van der Waals surface area contributed by atoms with E-state index < -0.39 is 4.92 Å². The van der Waals surface area contributed by atoms with Crippen LogP contribution in [0.3, 0.4) is 0 Å². The highest BCUT2D eigenvalue weighted by molar-refractivity contribution is 5.49. The van der Waals surface area contributed by atoms with E-state index in [1.54, 1.807) is 28.9 Å². The van der Waals surface area contributed by atoms with Gasteiger partial charge in [0.2, 0.25) is 11.6 Å². The first-order valence-electron chi connectivity index (χ1n) is 7.66. The first-order valence-corrected chi connectivity index (χ1v) is 7.66. The quantitative estimate of drug-likeness (QED) is 0.514. The lowest BCUT2D eigenvalue weighted by Crippen LogP contribution is -2.03. The molecule has 0 N–H and O–H groups in total. The van der Waals surface area contributed by atoms with Crippen LogP contribution in [-0.2, 0) is 6.42 Å². The second-order valence-electron chi connectivity index (χ2n) is 5.34. The first kappa shape index (κ1) is 15.7. The monoisotopic (exact) mass is 323 g/mol. The van der Waals surface area contributed by atoms with Gasteiger partial charge in [-0.2, -0.15) is 5.10 Å². The second kappa shape index (κ2) is 6.54. The number of nitro groups is 1. The highest BCUT2D eigenvalue weighted by atomic mass is 16.6. The van der Waals surface area contributed by atoms with Crippen molar-refractivity contribution in [3.8, 4) is 17.3 Å². The molecule has 0 amide bonds. The Morgan fingerprint density at radius 2 is 1.88 bits per heavy atom. The van der Waals surface area contributed by atoms with Crippen molar-refractivity contribution in [1.82, 2.24) is 9.78 Å². The van der Waals surface area contributed by atoms with E-state index in [1.165, 1.54) is 6.07 Å². The molecular weight excluding hydrogens is 306 g/mol. The summed E-state index contributed by atoms with van der Waals surface area (Å²) in [6.07, 6.45) is 0.847. The van der Waals surface area contributed by atoms with Crippen molar-refractivity contribution >= 4 is 5.69 Å². The minimum Gasteiger partial charge on any atom is -0.432 e. The molecule has 0 aliphatic carbocycles. The molecule has 1 heterocycles. The van der Waals surface area contributed by atoms with Gasteiger partial charge in [-0.05, 0) is 31.0 Å². The summed E-state index contributed by atoms with van der Waals surface area (Å²) in [6.45, 7) is 3.93. The Hall–Kier alpha value is -3.15. The van der Waals surface area contributed by atoms with E-state index in [4.69, 9.17) is 4.74 Å². The van der Waals surface area contributed by atoms with Crippen LogP contribution < -0.4 is 4.74 Å². The average molecular weight is 323 g/mol. The molecular formula is C18H17N3O3. The Morgan fingerprint density at radius 1 is 1.17 bits per heavy atom. The molecule has 0 unspecified atom stereocenters. The molecule has 0 bridgehead atoms. The lowest BCUT2D eigenvalue weighted by atomic mass is 10.1. The fourth-order valence-electron chi connectivity index (χ4n) is 2.54. The summed E-state index contributed by atoms with van der Waals surface area (Å²) in [4.78, 5) is 10.7. The van der Waals surface area contributed by atoms with Crippen LogP contribution in [0, 0.1) is 17.0 Å². The van der Waals surface area contributed by atoms with Gasteiger partial charge in [-0.25, -0.2) is 4.68 Å². The number of nitrogens with zero attached hydrogens (tertiary/aromatic N) is 3. The number of hydrogen-bond acceptors (Lipinski definition) is 4. The van der Waals surface area contributed by atoms with Crippen LogP contribution in [0.25, 0.3) is 5.69 Å². The topological polar surface area (TPSA) is 70.2 Å². The molecule has 0 fully saturated rings. The van der Waals surface area contributed by atoms with E-state index in [2.05, 4.69) is 12.0 Å². The summed E-state index contributed by atoms with van der Waals surface area (Å²) in [6, 6.07) is 16.0. The van der Waals surface area contributed by atoms with Gasteiger partial charge in [-0.3, -0.25) is 10.1 Å².